The molecule has 2 aliphatic heterocycles. The Labute approximate surface area is 182 Å². The normalized spacial score (nSPS) is 19.3. The van der Waals surface area contributed by atoms with E-state index < -0.39 is 0 Å². The smallest absolute Gasteiger partial charge is 0.235 e. The van der Waals surface area contributed by atoms with Crippen LogP contribution in [0.1, 0.15) is 37.6 Å². The molecule has 0 aliphatic carbocycles. The lowest BCUT2D eigenvalue weighted by Crippen LogP contribution is -2.44. The number of ether oxygens (including phenoxy) is 2. The molecule has 1 atom stereocenters. The molecule has 2 aliphatic rings. The molecule has 30 heavy (non-hydrogen) atoms. The number of carbonyl (C=O) groups excluding carboxylic acids is 1. The Morgan fingerprint density at radius 1 is 1.17 bits per heavy atom. The lowest BCUT2D eigenvalue weighted by Gasteiger charge is -2.32. The number of carbonyl (C=O) groups is 1. The molecule has 4 rings (SSSR count). The van der Waals surface area contributed by atoms with Gasteiger partial charge in [-0.15, -0.1) is 0 Å². The molecule has 0 saturated carbocycles. The molecule has 1 aromatic heterocycles. The van der Waals surface area contributed by atoms with Crippen LogP contribution in [0, 0.1) is 6.92 Å². The van der Waals surface area contributed by atoms with E-state index in [2.05, 4.69) is 45.0 Å². The van der Waals surface area contributed by atoms with Crippen LogP contribution in [0.15, 0.2) is 29.3 Å². The summed E-state index contributed by atoms with van der Waals surface area (Å²) in [5.41, 5.74) is 3.96. The Kier molecular flexibility index (Phi) is 6.14. The molecule has 7 heteroatoms. The zero-order valence-corrected chi connectivity index (χ0v) is 18.9. The number of benzene rings is 1. The minimum atomic E-state index is -0.261. The van der Waals surface area contributed by atoms with Crippen molar-refractivity contribution in [3.8, 4) is 11.4 Å². The average Bonchev–Trinajstić information content (AvgIpc) is 2.73. The van der Waals surface area contributed by atoms with E-state index in [4.69, 9.17) is 19.4 Å². The van der Waals surface area contributed by atoms with E-state index in [0.29, 0.717) is 38.7 Å². The molecular weight excluding hydrogens is 398 g/mol. The first kappa shape index (κ1) is 21.3. The molecule has 160 valence electrons. The predicted octanol–water partition coefficient (Wildman–Crippen LogP) is 3.64. The molecule has 0 spiro atoms. The summed E-state index contributed by atoms with van der Waals surface area (Å²) in [6, 6.07) is 8.25. The number of aromatic nitrogens is 2. The zero-order chi connectivity index (χ0) is 21.3. The van der Waals surface area contributed by atoms with Crippen LogP contribution in [-0.2, 0) is 27.3 Å². The Morgan fingerprint density at radius 2 is 1.87 bits per heavy atom. The zero-order valence-electron chi connectivity index (χ0n) is 18.1. The van der Waals surface area contributed by atoms with E-state index in [-0.39, 0.29) is 16.8 Å². The number of hydrogen-bond donors (Lipinski definition) is 0. The fraction of sp³-hybridized carbons (Fsp3) is 0.522. The van der Waals surface area contributed by atoms with Gasteiger partial charge in [-0.1, -0.05) is 41.6 Å². The second-order valence-corrected chi connectivity index (χ2v) is 9.90. The lowest BCUT2D eigenvalue weighted by molar-refractivity contribution is -0.134. The van der Waals surface area contributed by atoms with E-state index in [9.17, 15) is 4.79 Å². The van der Waals surface area contributed by atoms with Crippen LogP contribution in [0.2, 0.25) is 0 Å². The van der Waals surface area contributed by atoms with Gasteiger partial charge in [0.2, 0.25) is 5.91 Å². The van der Waals surface area contributed by atoms with Gasteiger partial charge in [-0.25, -0.2) is 9.97 Å². The SMILES string of the molecule is Cc1ccc(-c2nc3c(c(S[C@@H](C)C(=O)N4CCOCC4)n2)COC(C)(C)C3)cc1. The fourth-order valence-electron chi connectivity index (χ4n) is 3.71. The number of thioether (sulfide) groups is 1. The number of rotatable bonds is 4. The van der Waals surface area contributed by atoms with E-state index >= 15 is 0 Å². The van der Waals surface area contributed by atoms with Gasteiger partial charge in [-0.2, -0.15) is 0 Å². The van der Waals surface area contributed by atoms with Gasteiger partial charge in [0.25, 0.3) is 0 Å². The maximum Gasteiger partial charge on any atom is 0.235 e. The Morgan fingerprint density at radius 3 is 2.57 bits per heavy atom. The second kappa shape index (κ2) is 8.65. The molecule has 1 aromatic carbocycles. The van der Waals surface area contributed by atoms with Crippen LogP contribution in [-0.4, -0.2) is 57.9 Å². The number of amides is 1. The molecule has 3 heterocycles. The van der Waals surface area contributed by atoms with Gasteiger partial charge < -0.3 is 14.4 Å². The summed E-state index contributed by atoms with van der Waals surface area (Å²) >= 11 is 1.51. The van der Waals surface area contributed by atoms with Crippen LogP contribution in [0.3, 0.4) is 0 Å². The summed E-state index contributed by atoms with van der Waals surface area (Å²) in [6.45, 7) is 11.2. The highest BCUT2D eigenvalue weighted by Gasteiger charge is 2.32. The topological polar surface area (TPSA) is 64.6 Å². The van der Waals surface area contributed by atoms with Gasteiger partial charge in [0, 0.05) is 30.6 Å². The van der Waals surface area contributed by atoms with Crippen LogP contribution in [0.25, 0.3) is 11.4 Å². The third kappa shape index (κ3) is 4.68. The first-order valence-electron chi connectivity index (χ1n) is 10.5. The van der Waals surface area contributed by atoms with Gasteiger partial charge in [0.15, 0.2) is 5.82 Å². The van der Waals surface area contributed by atoms with Crippen molar-refractivity contribution in [3.63, 3.8) is 0 Å². The fourth-order valence-corrected chi connectivity index (χ4v) is 4.75. The first-order valence-corrected chi connectivity index (χ1v) is 11.3. The number of nitrogens with zero attached hydrogens (tertiary/aromatic N) is 3. The average molecular weight is 428 g/mol. The molecule has 1 saturated heterocycles. The van der Waals surface area contributed by atoms with Crippen molar-refractivity contribution < 1.29 is 14.3 Å². The number of aryl methyl sites for hydroxylation is 1. The van der Waals surface area contributed by atoms with E-state index in [0.717, 1.165) is 28.3 Å². The van der Waals surface area contributed by atoms with Crippen molar-refractivity contribution in [2.45, 2.75) is 56.6 Å². The quantitative estimate of drug-likeness (QED) is 0.548. The van der Waals surface area contributed by atoms with Crippen LogP contribution < -0.4 is 0 Å². The van der Waals surface area contributed by atoms with Crippen LogP contribution in [0.4, 0.5) is 0 Å². The van der Waals surface area contributed by atoms with Crippen molar-refractivity contribution in [2.24, 2.45) is 0 Å². The maximum absolute atomic E-state index is 12.9. The van der Waals surface area contributed by atoms with Gasteiger partial charge in [-0.3, -0.25) is 4.79 Å². The third-order valence-electron chi connectivity index (χ3n) is 5.52. The molecule has 1 fully saturated rings. The molecule has 1 amide bonds. The highest BCUT2D eigenvalue weighted by molar-refractivity contribution is 8.00. The summed E-state index contributed by atoms with van der Waals surface area (Å²) < 4.78 is 11.4. The highest BCUT2D eigenvalue weighted by Crippen LogP contribution is 2.36. The van der Waals surface area contributed by atoms with Gasteiger partial charge in [0.05, 0.1) is 36.4 Å². The lowest BCUT2D eigenvalue weighted by atomic mass is 9.96. The number of hydrogen-bond acceptors (Lipinski definition) is 6. The van der Waals surface area contributed by atoms with Crippen LogP contribution >= 0.6 is 11.8 Å². The molecule has 0 radical (unpaired) electrons. The summed E-state index contributed by atoms with van der Waals surface area (Å²) in [7, 11) is 0. The van der Waals surface area contributed by atoms with Gasteiger partial charge in [0.1, 0.15) is 5.03 Å². The number of morpholine rings is 1. The molecule has 0 N–H and O–H groups in total. The minimum Gasteiger partial charge on any atom is -0.378 e. The number of fused-ring (bicyclic) bond motifs is 1. The van der Waals surface area contributed by atoms with E-state index in [1.54, 1.807) is 0 Å². The summed E-state index contributed by atoms with van der Waals surface area (Å²) in [6.07, 6.45) is 0.725. The summed E-state index contributed by atoms with van der Waals surface area (Å²) in [5, 5.41) is 0.614. The highest BCUT2D eigenvalue weighted by atomic mass is 32.2. The van der Waals surface area contributed by atoms with Crippen molar-refractivity contribution in [3.05, 3.63) is 41.1 Å². The Balaban J connectivity index is 1.66. The van der Waals surface area contributed by atoms with Gasteiger partial charge >= 0.3 is 0 Å². The standard InChI is InChI=1S/C23H29N3O3S/c1-15-5-7-17(8-6-15)20-24-19-13-23(3,4)29-14-18(19)21(25-20)30-16(2)22(27)26-9-11-28-12-10-26/h5-8,16H,9-14H2,1-4H3/t16-/m0/s1. The largest absolute Gasteiger partial charge is 0.378 e. The van der Waals surface area contributed by atoms with Crippen LogP contribution in [0.5, 0.6) is 0 Å². The third-order valence-corrected chi connectivity index (χ3v) is 6.64. The second-order valence-electron chi connectivity index (χ2n) is 8.57. The van der Waals surface area contributed by atoms with Crippen molar-refractivity contribution >= 4 is 17.7 Å². The monoisotopic (exact) mass is 427 g/mol. The molecule has 0 bridgehead atoms. The summed E-state index contributed by atoms with van der Waals surface area (Å²) in [5.74, 6) is 0.838. The molecule has 0 unspecified atom stereocenters. The maximum atomic E-state index is 12.9. The molecular formula is C23H29N3O3S. The molecule has 6 nitrogen and oxygen atoms in total. The van der Waals surface area contributed by atoms with Gasteiger partial charge in [-0.05, 0) is 27.7 Å². The van der Waals surface area contributed by atoms with Crippen molar-refractivity contribution in [2.75, 3.05) is 26.3 Å². The Hall–Kier alpha value is -1.96. The van der Waals surface area contributed by atoms with Crippen molar-refractivity contribution in [1.29, 1.82) is 0 Å². The summed E-state index contributed by atoms with van der Waals surface area (Å²) in [4.78, 5) is 24.6. The van der Waals surface area contributed by atoms with E-state index in [1.165, 1.54) is 17.3 Å². The Bertz CT molecular complexity index is 924. The molecule has 2 aromatic rings. The predicted molar refractivity (Wildman–Crippen MR) is 117 cm³/mol. The minimum absolute atomic E-state index is 0.129. The van der Waals surface area contributed by atoms with E-state index in [1.807, 2.05) is 11.8 Å². The van der Waals surface area contributed by atoms with Crippen molar-refractivity contribution in [1.82, 2.24) is 14.9 Å². The first-order chi connectivity index (χ1) is 14.3.